The lowest BCUT2D eigenvalue weighted by Gasteiger charge is -2.35. The lowest BCUT2D eigenvalue weighted by Crippen LogP contribution is -2.47. The molecule has 1 aliphatic heterocycles. The quantitative estimate of drug-likeness (QED) is 0.878. The van der Waals surface area contributed by atoms with Crippen LogP contribution in [0.2, 0.25) is 0 Å². The molecule has 1 fully saturated rings. The van der Waals surface area contributed by atoms with Crippen molar-refractivity contribution in [3.8, 4) is 0 Å². The third-order valence-electron chi connectivity index (χ3n) is 3.63. The van der Waals surface area contributed by atoms with E-state index in [0.29, 0.717) is 5.41 Å². The zero-order valence-corrected chi connectivity index (χ0v) is 12.0. The average molecular weight is 246 g/mol. The second-order valence-electron chi connectivity index (χ2n) is 6.36. The molecule has 2 rings (SSSR count). The van der Waals surface area contributed by atoms with Gasteiger partial charge in [-0.3, -0.25) is 0 Å². The molecule has 0 unspecified atom stereocenters. The van der Waals surface area contributed by atoms with E-state index in [1.165, 1.54) is 37.2 Å². The number of piperazine rings is 1. The Morgan fingerprint density at radius 1 is 1.22 bits per heavy atom. The van der Waals surface area contributed by atoms with Crippen LogP contribution in [-0.2, 0) is 6.42 Å². The lowest BCUT2D eigenvalue weighted by atomic mass is 9.84. The van der Waals surface area contributed by atoms with Gasteiger partial charge in [0.05, 0.1) is 0 Å². The Bertz CT molecular complexity index is 378. The van der Waals surface area contributed by atoms with Gasteiger partial charge >= 0.3 is 0 Å². The van der Waals surface area contributed by atoms with E-state index in [1.54, 1.807) is 0 Å². The van der Waals surface area contributed by atoms with Crippen LogP contribution in [0.25, 0.3) is 0 Å². The Morgan fingerprint density at radius 3 is 2.61 bits per heavy atom. The number of nitrogens with zero attached hydrogens (tertiary/aromatic N) is 1. The SMILES string of the molecule is Cc1cccc(CC(C)(C)CN2CCNCC2)c1. The molecule has 0 bridgehead atoms. The van der Waals surface area contributed by atoms with E-state index in [0.717, 1.165) is 13.1 Å². The molecule has 18 heavy (non-hydrogen) atoms. The maximum atomic E-state index is 3.42. The fourth-order valence-corrected chi connectivity index (χ4v) is 2.91. The van der Waals surface area contributed by atoms with Gasteiger partial charge in [-0.25, -0.2) is 0 Å². The summed E-state index contributed by atoms with van der Waals surface area (Å²) in [6, 6.07) is 8.92. The van der Waals surface area contributed by atoms with Crippen LogP contribution in [0.1, 0.15) is 25.0 Å². The molecule has 1 aliphatic rings. The minimum atomic E-state index is 0.352. The Hall–Kier alpha value is -0.860. The summed E-state index contributed by atoms with van der Waals surface area (Å²) in [7, 11) is 0. The number of benzene rings is 1. The van der Waals surface area contributed by atoms with Crippen molar-refractivity contribution in [2.24, 2.45) is 5.41 Å². The molecule has 0 radical (unpaired) electrons. The van der Waals surface area contributed by atoms with Crippen molar-refractivity contribution < 1.29 is 0 Å². The molecule has 0 amide bonds. The predicted molar refractivity (Wildman–Crippen MR) is 78.0 cm³/mol. The van der Waals surface area contributed by atoms with Crippen molar-refractivity contribution in [1.29, 1.82) is 0 Å². The van der Waals surface area contributed by atoms with Crippen LogP contribution in [0.4, 0.5) is 0 Å². The highest BCUT2D eigenvalue weighted by Crippen LogP contribution is 2.23. The first-order valence-electron chi connectivity index (χ1n) is 7.04. The van der Waals surface area contributed by atoms with E-state index in [2.05, 4.69) is 55.3 Å². The number of nitrogens with one attached hydrogen (secondary N) is 1. The van der Waals surface area contributed by atoms with Gasteiger partial charge in [-0.2, -0.15) is 0 Å². The molecule has 1 saturated heterocycles. The van der Waals surface area contributed by atoms with Gasteiger partial charge < -0.3 is 10.2 Å². The summed E-state index contributed by atoms with van der Waals surface area (Å²) in [6.07, 6.45) is 1.17. The van der Waals surface area contributed by atoms with Gasteiger partial charge in [-0.05, 0) is 24.3 Å². The second kappa shape index (κ2) is 5.85. The Balaban J connectivity index is 1.93. The van der Waals surface area contributed by atoms with Crippen LogP contribution >= 0.6 is 0 Å². The normalized spacial score (nSPS) is 17.9. The van der Waals surface area contributed by atoms with Crippen molar-refractivity contribution in [2.45, 2.75) is 27.2 Å². The summed E-state index contributed by atoms with van der Waals surface area (Å²) >= 11 is 0. The second-order valence-corrected chi connectivity index (χ2v) is 6.36. The molecular weight excluding hydrogens is 220 g/mol. The van der Waals surface area contributed by atoms with Crippen LogP contribution in [0.3, 0.4) is 0 Å². The molecule has 1 aromatic rings. The molecule has 100 valence electrons. The van der Waals surface area contributed by atoms with Gasteiger partial charge in [-0.1, -0.05) is 43.7 Å². The van der Waals surface area contributed by atoms with Gasteiger partial charge in [-0.15, -0.1) is 0 Å². The first-order valence-corrected chi connectivity index (χ1v) is 7.04. The molecule has 2 nitrogen and oxygen atoms in total. The molecule has 1 aromatic carbocycles. The fourth-order valence-electron chi connectivity index (χ4n) is 2.91. The molecule has 0 saturated carbocycles. The van der Waals surface area contributed by atoms with E-state index in [-0.39, 0.29) is 0 Å². The van der Waals surface area contributed by atoms with Gasteiger partial charge in [0.25, 0.3) is 0 Å². The molecule has 0 aliphatic carbocycles. The molecule has 1 N–H and O–H groups in total. The largest absolute Gasteiger partial charge is 0.314 e. The van der Waals surface area contributed by atoms with Crippen molar-refractivity contribution in [3.63, 3.8) is 0 Å². The van der Waals surface area contributed by atoms with Crippen LogP contribution in [0.5, 0.6) is 0 Å². The standard InChI is InChI=1S/C16H26N2/c1-14-5-4-6-15(11-14)12-16(2,3)13-18-9-7-17-8-10-18/h4-6,11,17H,7-10,12-13H2,1-3H3. The third-order valence-corrected chi connectivity index (χ3v) is 3.63. The maximum Gasteiger partial charge on any atom is 0.0108 e. The topological polar surface area (TPSA) is 15.3 Å². The Labute approximate surface area is 111 Å². The third kappa shape index (κ3) is 4.11. The van der Waals surface area contributed by atoms with E-state index < -0.39 is 0 Å². The molecule has 2 heteroatoms. The summed E-state index contributed by atoms with van der Waals surface area (Å²) in [5, 5.41) is 3.42. The van der Waals surface area contributed by atoms with E-state index in [9.17, 15) is 0 Å². The zero-order chi connectivity index (χ0) is 13.0. The van der Waals surface area contributed by atoms with E-state index in [4.69, 9.17) is 0 Å². The molecule has 0 spiro atoms. The Morgan fingerprint density at radius 2 is 1.94 bits per heavy atom. The summed E-state index contributed by atoms with van der Waals surface area (Å²) in [6.45, 7) is 12.8. The molecule has 0 atom stereocenters. The van der Waals surface area contributed by atoms with Crippen LogP contribution in [0.15, 0.2) is 24.3 Å². The maximum absolute atomic E-state index is 3.42. The summed E-state index contributed by atoms with van der Waals surface area (Å²) in [4.78, 5) is 2.59. The van der Waals surface area contributed by atoms with Crippen LogP contribution in [-0.4, -0.2) is 37.6 Å². The van der Waals surface area contributed by atoms with Gasteiger partial charge in [0.1, 0.15) is 0 Å². The van der Waals surface area contributed by atoms with Gasteiger partial charge in [0.15, 0.2) is 0 Å². The highest BCUT2D eigenvalue weighted by atomic mass is 15.2. The van der Waals surface area contributed by atoms with Crippen molar-refractivity contribution in [1.82, 2.24) is 10.2 Å². The van der Waals surface area contributed by atoms with E-state index >= 15 is 0 Å². The number of hydrogen-bond donors (Lipinski definition) is 1. The molecular formula is C16H26N2. The number of hydrogen-bond acceptors (Lipinski definition) is 2. The van der Waals surface area contributed by atoms with Crippen LogP contribution in [0, 0.1) is 12.3 Å². The average Bonchev–Trinajstić information content (AvgIpc) is 2.28. The van der Waals surface area contributed by atoms with Crippen molar-refractivity contribution in [3.05, 3.63) is 35.4 Å². The van der Waals surface area contributed by atoms with Crippen molar-refractivity contribution >= 4 is 0 Å². The lowest BCUT2D eigenvalue weighted by molar-refractivity contribution is 0.160. The summed E-state index contributed by atoms with van der Waals surface area (Å²) < 4.78 is 0. The number of aryl methyl sites for hydroxylation is 1. The Kier molecular flexibility index (Phi) is 4.41. The minimum absolute atomic E-state index is 0.352. The fraction of sp³-hybridized carbons (Fsp3) is 0.625. The molecule has 0 aromatic heterocycles. The number of rotatable bonds is 4. The zero-order valence-electron chi connectivity index (χ0n) is 12.0. The van der Waals surface area contributed by atoms with Crippen molar-refractivity contribution in [2.75, 3.05) is 32.7 Å². The molecule has 1 heterocycles. The van der Waals surface area contributed by atoms with E-state index in [1.807, 2.05) is 0 Å². The highest BCUT2D eigenvalue weighted by Gasteiger charge is 2.23. The predicted octanol–water partition coefficient (Wildman–Crippen LogP) is 2.47. The van der Waals surface area contributed by atoms with Crippen LogP contribution < -0.4 is 5.32 Å². The van der Waals surface area contributed by atoms with Gasteiger partial charge in [0.2, 0.25) is 0 Å². The first kappa shape index (κ1) is 13.6. The smallest absolute Gasteiger partial charge is 0.0108 e. The highest BCUT2D eigenvalue weighted by molar-refractivity contribution is 5.23. The minimum Gasteiger partial charge on any atom is -0.314 e. The first-order chi connectivity index (χ1) is 8.55. The monoisotopic (exact) mass is 246 g/mol. The summed E-state index contributed by atoms with van der Waals surface area (Å²) in [5.74, 6) is 0. The summed E-state index contributed by atoms with van der Waals surface area (Å²) in [5.41, 5.74) is 3.19. The van der Waals surface area contributed by atoms with Gasteiger partial charge in [0, 0.05) is 32.7 Å².